The normalized spacial score (nSPS) is 14.3. The molecule has 0 unspecified atom stereocenters. The summed E-state index contributed by atoms with van der Waals surface area (Å²) >= 11 is 0. The summed E-state index contributed by atoms with van der Waals surface area (Å²) in [6, 6.07) is 8.14. The Morgan fingerprint density at radius 3 is 2.59 bits per heavy atom. The number of rotatable bonds is 4. The molecule has 8 nitrogen and oxygen atoms in total. The van der Waals surface area contributed by atoms with Crippen LogP contribution in [0.5, 0.6) is 0 Å². The Morgan fingerprint density at radius 2 is 1.93 bits per heavy atom. The lowest BCUT2D eigenvalue weighted by molar-refractivity contribution is -0.384. The zero-order valence-corrected chi connectivity index (χ0v) is 14.5. The molecule has 0 N–H and O–H groups in total. The summed E-state index contributed by atoms with van der Waals surface area (Å²) in [5, 5.41) is 10.9. The van der Waals surface area contributed by atoms with Gasteiger partial charge in [-0.15, -0.1) is 0 Å². The summed E-state index contributed by atoms with van der Waals surface area (Å²) in [5.74, 6) is 1.24. The van der Waals surface area contributed by atoms with Crippen LogP contribution in [0.15, 0.2) is 43.1 Å². The van der Waals surface area contributed by atoms with Gasteiger partial charge in [0.1, 0.15) is 5.52 Å². The first-order valence-corrected chi connectivity index (χ1v) is 8.53. The fourth-order valence-corrected chi connectivity index (χ4v) is 2.99. The van der Waals surface area contributed by atoms with Crippen molar-refractivity contribution >= 4 is 28.6 Å². The standard InChI is InChI=1S/C19H17N5O3/c1-2-13-11-16-17(20-12-13)19(23-7-9-27-10-8-23)22-18(21-16)14-3-5-15(6-4-14)24(25)26/h2-6,11-12H,1,7-10H2. The highest BCUT2D eigenvalue weighted by Crippen LogP contribution is 2.28. The molecule has 1 aliphatic rings. The van der Waals surface area contributed by atoms with Crippen molar-refractivity contribution in [2.24, 2.45) is 0 Å². The number of morpholine rings is 1. The molecule has 3 heterocycles. The number of nitro groups is 1. The van der Waals surface area contributed by atoms with Gasteiger partial charge in [-0.2, -0.15) is 0 Å². The van der Waals surface area contributed by atoms with Gasteiger partial charge in [-0.05, 0) is 23.8 Å². The van der Waals surface area contributed by atoms with Crippen LogP contribution in [0.4, 0.5) is 11.5 Å². The molecule has 0 radical (unpaired) electrons. The Kier molecular flexibility index (Phi) is 4.47. The molecule has 8 heteroatoms. The topological polar surface area (TPSA) is 94.3 Å². The van der Waals surface area contributed by atoms with Crippen LogP contribution in [0.1, 0.15) is 5.56 Å². The quantitative estimate of drug-likeness (QED) is 0.519. The number of nitro benzene ring substituents is 1. The highest BCUT2D eigenvalue weighted by Gasteiger charge is 2.19. The maximum Gasteiger partial charge on any atom is 0.269 e. The Morgan fingerprint density at radius 1 is 1.19 bits per heavy atom. The van der Waals surface area contributed by atoms with Crippen molar-refractivity contribution in [3.05, 3.63) is 58.8 Å². The first-order valence-electron chi connectivity index (χ1n) is 8.53. The van der Waals surface area contributed by atoms with Gasteiger partial charge in [0.25, 0.3) is 5.69 Å². The Balaban J connectivity index is 1.86. The third-order valence-corrected chi connectivity index (χ3v) is 4.42. The van der Waals surface area contributed by atoms with Crippen LogP contribution < -0.4 is 4.90 Å². The van der Waals surface area contributed by atoms with E-state index >= 15 is 0 Å². The van der Waals surface area contributed by atoms with Crippen LogP contribution in [0, 0.1) is 10.1 Å². The molecule has 0 bridgehead atoms. The zero-order chi connectivity index (χ0) is 18.8. The van der Waals surface area contributed by atoms with Crippen molar-refractivity contribution in [1.82, 2.24) is 15.0 Å². The van der Waals surface area contributed by atoms with Gasteiger partial charge in [-0.1, -0.05) is 12.7 Å². The van der Waals surface area contributed by atoms with Gasteiger partial charge in [0, 0.05) is 37.0 Å². The van der Waals surface area contributed by atoms with Crippen molar-refractivity contribution in [3.8, 4) is 11.4 Å². The van der Waals surface area contributed by atoms with Gasteiger partial charge in [0.15, 0.2) is 11.6 Å². The zero-order valence-electron chi connectivity index (χ0n) is 14.5. The van der Waals surface area contributed by atoms with E-state index in [1.54, 1.807) is 24.4 Å². The summed E-state index contributed by atoms with van der Waals surface area (Å²) < 4.78 is 5.44. The average Bonchev–Trinajstić information content (AvgIpc) is 2.73. The number of hydrogen-bond donors (Lipinski definition) is 0. The van der Waals surface area contributed by atoms with Gasteiger partial charge in [-0.25, -0.2) is 9.97 Å². The number of anilines is 1. The Hall–Kier alpha value is -3.39. The van der Waals surface area contributed by atoms with E-state index in [0.29, 0.717) is 35.6 Å². The molecule has 4 rings (SSSR count). The van der Waals surface area contributed by atoms with Gasteiger partial charge in [0.05, 0.1) is 23.7 Å². The maximum absolute atomic E-state index is 10.9. The number of ether oxygens (including phenoxy) is 1. The molecule has 1 fully saturated rings. The van der Waals surface area contributed by atoms with Crippen LogP contribution in [0.3, 0.4) is 0 Å². The van der Waals surface area contributed by atoms with Crippen molar-refractivity contribution < 1.29 is 9.66 Å². The minimum absolute atomic E-state index is 0.0311. The van der Waals surface area contributed by atoms with Crippen LogP contribution in [-0.4, -0.2) is 46.2 Å². The first-order chi connectivity index (χ1) is 13.2. The summed E-state index contributed by atoms with van der Waals surface area (Å²) in [4.78, 5) is 26.5. The summed E-state index contributed by atoms with van der Waals surface area (Å²) in [6.45, 7) is 6.48. The predicted octanol–water partition coefficient (Wildman–Crippen LogP) is 3.08. The Labute approximate surface area is 155 Å². The van der Waals surface area contributed by atoms with E-state index in [1.807, 2.05) is 6.07 Å². The predicted molar refractivity (Wildman–Crippen MR) is 103 cm³/mol. The summed E-state index contributed by atoms with van der Waals surface area (Å²) in [5.41, 5.74) is 3.03. The van der Waals surface area contributed by atoms with Gasteiger partial charge >= 0.3 is 0 Å². The minimum Gasteiger partial charge on any atom is -0.378 e. The molecule has 27 heavy (non-hydrogen) atoms. The molecule has 0 spiro atoms. The Bertz CT molecular complexity index is 1010. The van der Waals surface area contributed by atoms with E-state index in [4.69, 9.17) is 9.72 Å². The number of aromatic nitrogens is 3. The lowest BCUT2D eigenvalue weighted by Gasteiger charge is -2.28. The molecular formula is C19H17N5O3. The highest BCUT2D eigenvalue weighted by atomic mass is 16.6. The van der Waals surface area contributed by atoms with Gasteiger partial charge in [0.2, 0.25) is 0 Å². The van der Waals surface area contributed by atoms with Crippen molar-refractivity contribution in [1.29, 1.82) is 0 Å². The molecule has 1 aliphatic heterocycles. The van der Waals surface area contributed by atoms with Gasteiger partial charge in [-0.3, -0.25) is 15.1 Å². The molecule has 3 aromatic rings. The van der Waals surface area contributed by atoms with Crippen molar-refractivity contribution in [3.63, 3.8) is 0 Å². The summed E-state index contributed by atoms with van der Waals surface area (Å²) in [7, 11) is 0. The molecule has 1 aromatic carbocycles. The van der Waals surface area contributed by atoms with E-state index < -0.39 is 4.92 Å². The van der Waals surface area contributed by atoms with Crippen molar-refractivity contribution in [2.75, 3.05) is 31.2 Å². The lowest BCUT2D eigenvalue weighted by Crippen LogP contribution is -2.37. The molecule has 136 valence electrons. The average molecular weight is 363 g/mol. The molecule has 2 aromatic heterocycles. The van der Waals surface area contributed by atoms with Crippen LogP contribution in [-0.2, 0) is 4.74 Å². The smallest absolute Gasteiger partial charge is 0.269 e. The molecule has 0 atom stereocenters. The summed E-state index contributed by atoms with van der Waals surface area (Å²) in [6.07, 6.45) is 3.46. The minimum atomic E-state index is -0.426. The van der Waals surface area contributed by atoms with Gasteiger partial charge < -0.3 is 9.64 Å². The number of pyridine rings is 1. The van der Waals surface area contributed by atoms with E-state index in [2.05, 4.69) is 21.4 Å². The second-order valence-electron chi connectivity index (χ2n) is 6.11. The fraction of sp³-hybridized carbons (Fsp3) is 0.211. The van der Waals surface area contributed by atoms with E-state index in [9.17, 15) is 10.1 Å². The molecule has 0 saturated carbocycles. The number of benzene rings is 1. The third kappa shape index (κ3) is 3.34. The number of hydrogen-bond acceptors (Lipinski definition) is 7. The van der Waals surface area contributed by atoms with E-state index in [-0.39, 0.29) is 5.69 Å². The van der Waals surface area contributed by atoms with Crippen LogP contribution in [0.2, 0.25) is 0 Å². The second kappa shape index (κ2) is 7.08. The molecular weight excluding hydrogens is 346 g/mol. The molecule has 0 aliphatic carbocycles. The first kappa shape index (κ1) is 17.0. The number of fused-ring (bicyclic) bond motifs is 1. The lowest BCUT2D eigenvalue weighted by atomic mass is 10.1. The number of nitrogens with zero attached hydrogens (tertiary/aromatic N) is 5. The van der Waals surface area contributed by atoms with E-state index in [0.717, 1.165) is 24.5 Å². The maximum atomic E-state index is 10.9. The van der Waals surface area contributed by atoms with Crippen LogP contribution in [0.25, 0.3) is 28.5 Å². The highest BCUT2D eigenvalue weighted by molar-refractivity contribution is 5.88. The fourth-order valence-electron chi connectivity index (χ4n) is 2.99. The van der Waals surface area contributed by atoms with E-state index in [1.165, 1.54) is 12.1 Å². The van der Waals surface area contributed by atoms with Crippen molar-refractivity contribution in [2.45, 2.75) is 0 Å². The SMILES string of the molecule is C=Cc1cnc2c(N3CCOCC3)nc(-c3ccc([N+](=O)[O-])cc3)nc2c1. The third-order valence-electron chi connectivity index (χ3n) is 4.42. The van der Waals surface area contributed by atoms with Crippen LogP contribution >= 0.6 is 0 Å². The molecule has 1 saturated heterocycles. The second-order valence-corrected chi connectivity index (χ2v) is 6.11. The number of non-ortho nitro benzene ring substituents is 1. The largest absolute Gasteiger partial charge is 0.378 e. The monoisotopic (exact) mass is 363 g/mol. The molecule has 0 amide bonds.